The fourth-order valence-electron chi connectivity index (χ4n) is 5.99. The fraction of sp³-hybridized carbons (Fsp3) is 0.372. The van der Waals surface area contributed by atoms with Gasteiger partial charge in [0.2, 0.25) is 5.91 Å². The van der Waals surface area contributed by atoms with Crippen LogP contribution in [-0.2, 0) is 43.9 Å². The molecule has 0 saturated heterocycles. The van der Waals surface area contributed by atoms with E-state index in [9.17, 15) is 14.4 Å². The summed E-state index contributed by atoms with van der Waals surface area (Å²) in [5.74, 6) is -0.217. The van der Waals surface area contributed by atoms with Crippen molar-refractivity contribution in [1.82, 2.24) is 10.2 Å². The first-order valence-electron chi connectivity index (χ1n) is 17.7. The Morgan fingerprint density at radius 2 is 1.47 bits per heavy atom. The largest absolute Gasteiger partial charge is 0.493 e. The van der Waals surface area contributed by atoms with E-state index in [2.05, 4.69) is 50.4 Å². The van der Waals surface area contributed by atoms with Gasteiger partial charge in [-0.2, -0.15) is 0 Å². The molecule has 1 heterocycles. The molecule has 51 heavy (non-hydrogen) atoms. The molecule has 0 radical (unpaired) electrons. The lowest BCUT2D eigenvalue weighted by Gasteiger charge is -2.37. The summed E-state index contributed by atoms with van der Waals surface area (Å²) in [5, 5.41) is 2.86. The molecule has 268 valence electrons. The summed E-state index contributed by atoms with van der Waals surface area (Å²) in [4.78, 5) is 41.2. The van der Waals surface area contributed by atoms with Gasteiger partial charge in [-0.15, -0.1) is 0 Å². The minimum atomic E-state index is -0.948. The Bertz CT molecular complexity index is 1790. The molecule has 0 aromatic heterocycles. The number of hydrogen-bond donors (Lipinski definition) is 1. The zero-order chi connectivity index (χ0) is 36.6. The lowest BCUT2D eigenvalue weighted by Crippen LogP contribution is -2.49. The van der Waals surface area contributed by atoms with Crippen LogP contribution in [0.15, 0.2) is 97.1 Å². The first-order chi connectivity index (χ1) is 24.3. The van der Waals surface area contributed by atoms with Crippen molar-refractivity contribution < 1.29 is 28.6 Å². The number of nitrogens with one attached hydrogen (secondary N) is 1. The van der Waals surface area contributed by atoms with Crippen LogP contribution in [0.4, 0.5) is 4.79 Å². The van der Waals surface area contributed by atoms with Gasteiger partial charge in [-0.25, -0.2) is 4.79 Å². The Labute approximate surface area is 302 Å². The molecular weight excluding hydrogens is 640 g/mol. The van der Waals surface area contributed by atoms with Crippen LogP contribution < -0.4 is 10.1 Å². The average molecular weight is 691 g/mol. The van der Waals surface area contributed by atoms with E-state index in [-0.39, 0.29) is 25.0 Å². The molecule has 0 spiro atoms. The summed E-state index contributed by atoms with van der Waals surface area (Å²) < 4.78 is 17.3. The molecule has 4 aromatic carbocycles. The molecule has 0 unspecified atom stereocenters. The molecule has 0 fully saturated rings. The van der Waals surface area contributed by atoms with E-state index in [1.54, 1.807) is 20.8 Å². The van der Waals surface area contributed by atoms with Crippen LogP contribution in [0.2, 0.25) is 0 Å². The van der Waals surface area contributed by atoms with Gasteiger partial charge in [0.1, 0.15) is 24.0 Å². The Hall–Kier alpha value is -5.11. The Morgan fingerprint density at radius 3 is 2.14 bits per heavy atom. The van der Waals surface area contributed by atoms with Gasteiger partial charge in [0.15, 0.2) is 0 Å². The van der Waals surface area contributed by atoms with Crippen LogP contribution in [0.5, 0.6) is 5.75 Å². The topological polar surface area (TPSA) is 94.2 Å². The highest BCUT2D eigenvalue weighted by molar-refractivity contribution is 5.88. The summed E-state index contributed by atoms with van der Waals surface area (Å²) in [6.45, 7) is 12.9. The predicted octanol–water partition coefficient (Wildman–Crippen LogP) is 8.36. The minimum Gasteiger partial charge on any atom is -0.493 e. The van der Waals surface area contributed by atoms with Crippen LogP contribution in [0, 0.1) is 0 Å². The minimum absolute atomic E-state index is 0.0142. The molecule has 8 heteroatoms. The number of benzene rings is 4. The lowest BCUT2D eigenvalue weighted by atomic mass is 9.86. The number of rotatable bonds is 11. The second-order valence-electron chi connectivity index (χ2n) is 15.0. The van der Waals surface area contributed by atoms with Gasteiger partial charge < -0.3 is 19.5 Å². The number of ether oxygens (including phenoxy) is 3. The third kappa shape index (κ3) is 10.5. The third-order valence-electron chi connectivity index (χ3n) is 8.79. The van der Waals surface area contributed by atoms with Crippen molar-refractivity contribution in [2.75, 3.05) is 19.7 Å². The van der Waals surface area contributed by atoms with Crippen molar-refractivity contribution in [2.45, 2.75) is 84.5 Å². The summed E-state index contributed by atoms with van der Waals surface area (Å²) in [6.07, 6.45) is 0.706. The van der Waals surface area contributed by atoms with Crippen molar-refractivity contribution in [3.63, 3.8) is 0 Å². The molecule has 1 atom stereocenters. The number of hydrogen-bond acceptors (Lipinski definition) is 6. The predicted molar refractivity (Wildman–Crippen MR) is 199 cm³/mol. The zero-order valence-corrected chi connectivity index (χ0v) is 30.7. The lowest BCUT2D eigenvalue weighted by molar-refractivity contribution is -0.144. The number of amides is 2. The van der Waals surface area contributed by atoms with Crippen LogP contribution in [0.1, 0.15) is 81.8 Å². The average Bonchev–Trinajstić information content (AvgIpc) is 3.10. The number of carbonyl (C=O) groups is 3. The van der Waals surface area contributed by atoms with E-state index >= 15 is 0 Å². The maximum atomic E-state index is 13.8. The van der Waals surface area contributed by atoms with Gasteiger partial charge in [-0.05, 0) is 83.7 Å². The van der Waals surface area contributed by atoms with E-state index in [4.69, 9.17) is 14.2 Å². The van der Waals surface area contributed by atoms with Crippen LogP contribution in [-0.4, -0.2) is 48.2 Å². The van der Waals surface area contributed by atoms with Gasteiger partial charge in [0.05, 0.1) is 13.0 Å². The first-order valence-corrected chi connectivity index (χ1v) is 17.7. The second kappa shape index (κ2) is 16.3. The molecule has 5 rings (SSSR count). The van der Waals surface area contributed by atoms with Crippen molar-refractivity contribution >= 4 is 18.0 Å². The highest BCUT2D eigenvalue weighted by Crippen LogP contribution is 2.34. The van der Waals surface area contributed by atoms with Crippen molar-refractivity contribution in [1.29, 1.82) is 0 Å². The third-order valence-corrected chi connectivity index (χ3v) is 8.79. The molecule has 2 amide bonds. The molecule has 0 aliphatic carbocycles. The standard InChI is InChI=1S/C43H50N2O6/c1-42(2,3)35-19-14-30(15-20-35)24-27-49-36-21-18-34-23-26-45(41(48)51-43(4,5)6)39(37(34)28-36)40(47)44-25-22-38(46)50-29-31-12-16-33(17-13-31)32-10-8-7-9-11-32/h7-21,28,39H,22-27,29H2,1-6H3,(H,44,47)/t39-/m0/s1. The maximum Gasteiger partial charge on any atom is 0.411 e. The molecule has 0 saturated carbocycles. The summed E-state index contributed by atoms with van der Waals surface area (Å²) >= 11 is 0. The van der Waals surface area contributed by atoms with E-state index in [0.717, 1.165) is 28.7 Å². The molecule has 1 aliphatic heterocycles. The number of fused-ring (bicyclic) bond motifs is 1. The van der Waals surface area contributed by atoms with E-state index < -0.39 is 29.6 Å². The van der Waals surface area contributed by atoms with Crippen LogP contribution in [0.3, 0.4) is 0 Å². The summed E-state index contributed by atoms with van der Waals surface area (Å²) in [7, 11) is 0. The van der Waals surface area contributed by atoms with Gasteiger partial charge in [-0.3, -0.25) is 14.5 Å². The van der Waals surface area contributed by atoms with Crippen LogP contribution >= 0.6 is 0 Å². The SMILES string of the molecule is CC(C)(C)OC(=O)N1CCc2ccc(OCCc3ccc(C(C)(C)C)cc3)cc2[C@H]1C(=O)NCCC(=O)OCc1ccc(-c2ccccc2)cc1. The molecule has 4 aromatic rings. The first kappa shape index (κ1) is 37.2. The Balaban J connectivity index is 1.20. The van der Waals surface area contributed by atoms with E-state index in [0.29, 0.717) is 30.9 Å². The number of carbonyl (C=O) groups excluding carboxylic acids is 3. The van der Waals surface area contributed by atoms with Gasteiger partial charge in [-0.1, -0.05) is 106 Å². The quantitative estimate of drug-likeness (QED) is 0.159. The molecule has 0 bridgehead atoms. The Kier molecular flexibility index (Phi) is 11.9. The maximum absolute atomic E-state index is 13.8. The van der Waals surface area contributed by atoms with E-state index in [1.807, 2.05) is 72.8 Å². The Morgan fingerprint density at radius 1 is 0.804 bits per heavy atom. The van der Waals surface area contributed by atoms with Gasteiger partial charge in [0.25, 0.3) is 0 Å². The molecular formula is C43H50N2O6. The molecule has 1 N–H and O–H groups in total. The second-order valence-corrected chi connectivity index (χ2v) is 15.0. The summed E-state index contributed by atoms with van der Waals surface area (Å²) in [5.41, 5.74) is 6.51. The fourth-order valence-corrected chi connectivity index (χ4v) is 5.99. The highest BCUT2D eigenvalue weighted by atomic mass is 16.6. The zero-order valence-electron chi connectivity index (χ0n) is 30.7. The number of esters is 1. The summed E-state index contributed by atoms with van der Waals surface area (Å²) in [6, 6.07) is 31.3. The molecule has 1 aliphatic rings. The van der Waals surface area contributed by atoms with Crippen molar-refractivity contribution in [2.24, 2.45) is 0 Å². The van der Waals surface area contributed by atoms with Gasteiger partial charge in [0, 0.05) is 19.5 Å². The van der Waals surface area contributed by atoms with Crippen molar-refractivity contribution in [3.05, 3.63) is 125 Å². The van der Waals surface area contributed by atoms with E-state index in [1.165, 1.54) is 16.0 Å². The van der Waals surface area contributed by atoms with Gasteiger partial charge >= 0.3 is 12.1 Å². The normalized spacial score (nSPS) is 14.3. The highest BCUT2D eigenvalue weighted by Gasteiger charge is 2.38. The van der Waals surface area contributed by atoms with Crippen molar-refractivity contribution in [3.8, 4) is 16.9 Å². The molecule has 8 nitrogen and oxygen atoms in total. The van der Waals surface area contributed by atoms with Crippen LogP contribution in [0.25, 0.3) is 11.1 Å². The number of nitrogens with zero attached hydrogens (tertiary/aromatic N) is 1. The smallest absolute Gasteiger partial charge is 0.411 e. The monoisotopic (exact) mass is 690 g/mol.